The first-order valence-electron chi connectivity index (χ1n) is 2.80. The van der Waals surface area contributed by atoms with Crippen LogP contribution in [-0.2, 0) is 0 Å². The molecule has 1 heterocycles. The third-order valence-electron chi connectivity index (χ3n) is 1.14. The van der Waals surface area contributed by atoms with E-state index in [1.54, 1.807) is 6.07 Å². The first-order chi connectivity index (χ1) is 4.74. The molecular weight excluding hydrogens is 168 g/mol. The van der Waals surface area contributed by atoms with Crippen molar-refractivity contribution in [3.63, 3.8) is 0 Å². The van der Waals surface area contributed by atoms with Crippen LogP contribution in [0.2, 0.25) is 5.15 Å². The molecule has 0 radical (unpaired) electrons. The Bertz CT molecular complexity index is 281. The van der Waals surface area contributed by atoms with Gasteiger partial charge in [-0.05, 0) is 12.1 Å². The quantitative estimate of drug-likeness (QED) is 0.506. The van der Waals surface area contributed by atoms with Gasteiger partial charge in [0.2, 0.25) is 0 Å². The number of pyridine rings is 1. The van der Waals surface area contributed by atoms with Crippen LogP contribution in [0.1, 0.15) is 0 Å². The van der Waals surface area contributed by atoms with E-state index in [9.17, 15) is 0 Å². The van der Waals surface area contributed by atoms with E-state index in [0.29, 0.717) is 9.79 Å². The first kappa shape index (κ1) is 7.57. The average Bonchev–Trinajstić information content (AvgIpc) is 1.88. The molecule has 0 fully saturated rings. The van der Waals surface area contributed by atoms with Crippen LogP contribution in [0.15, 0.2) is 12.1 Å². The van der Waals surface area contributed by atoms with E-state index in [4.69, 9.17) is 23.8 Å². The van der Waals surface area contributed by atoms with Gasteiger partial charge in [0, 0.05) is 7.05 Å². The van der Waals surface area contributed by atoms with Gasteiger partial charge >= 0.3 is 0 Å². The summed E-state index contributed by atoms with van der Waals surface area (Å²) in [6.07, 6.45) is 0. The molecule has 0 aliphatic rings. The van der Waals surface area contributed by atoms with Crippen LogP contribution in [0.5, 0.6) is 0 Å². The molecule has 54 valence electrons. The lowest BCUT2D eigenvalue weighted by Crippen LogP contribution is -1.89. The predicted molar refractivity (Wildman–Crippen MR) is 46.2 cm³/mol. The highest BCUT2D eigenvalue weighted by Crippen LogP contribution is 2.10. The lowest BCUT2D eigenvalue weighted by molar-refractivity contribution is 1.28. The second kappa shape index (κ2) is 3.03. The molecule has 2 N–H and O–H groups in total. The summed E-state index contributed by atoms with van der Waals surface area (Å²) in [4.78, 5) is 2.81. The average molecular weight is 175 g/mol. The Balaban J connectivity index is 3.20. The van der Waals surface area contributed by atoms with Crippen molar-refractivity contribution >= 4 is 29.5 Å². The molecular formula is C6H7ClN2S. The molecule has 0 aliphatic carbocycles. The molecule has 0 amide bonds. The van der Waals surface area contributed by atoms with E-state index in [2.05, 4.69) is 10.3 Å². The third-order valence-corrected chi connectivity index (χ3v) is 1.69. The van der Waals surface area contributed by atoms with Crippen molar-refractivity contribution in [1.82, 2.24) is 4.98 Å². The summed E-state index contributed by atoms with van der Waals surface area (Å²) in [5.41, 5.74) is 0.888. The number of aromatic nitrogens is 1. The van der Waals surface area contributed by atoms with Crippen molar-refractivity contribution in [2.75, 3.05) is 12.4 Å². The largest absolute Gasteiger partial charge is 0.386 e. The molecule has 0 unspecified atom stereocenters. The summed E-state index contributed by atoms with van der Waals surface area (Å²) in [5, 5.41) is 3.49. The number of H-pyrrole nitrogens is 1. The van der Waals surface area contributed by atoms with Gasteiger partial charge < -0.3 is 10.3 Å². The van der Waals surface area contributed by atoms with Crippen LogP contribution in [-0.4, -0.2) is 12.0 Å². The SMILES string of the molecule is CNc1ccc(Cl)[nH]c1=S. The normalized spacial score (nSPS) is 9.40. The van der Waals surface area contributed by atoms with Crippen LogP contribution in [0.3, 0.4) is 0 Å². The third kappa shape index (κ3) is 1.49. The zero-order chi connectivity index (χ0) is 7.56. The Kier molecular flexibility index (Phi) is 2.29. The van der Waals surface area contributed by atoms with Gasteiger partial charge in [-0.15, -0.1) is 0 Å². The molecule has 1 aromatic rings. The topological polar surface area (TPSA) is 27.8 Å². The van der Waals surface area contributed by atoms with Gasteiger partial charge in [-0.1, -0.05) is 23.8 Å². The molecule has 0 atom stereocenters. The fourth-order valence-corrected chi connectivity index (χ4v) is 1.14. The molecule has 1 aromatic heterocycles. The molecule has 0 aromatic carbocycles. The standard InChI is InChI=1S/C6H7ClN2S/c1-8-4-2-3-5(7)9-6(4)10/h2-3,8H,1H3,(H,9,10). The Morgan fingerprint density at radius 3 is 2.80 bits per heavy atom. The highest BCUT2D eigenvalue weighted by molar-refractivity contribution is 7.71. The second-order valence-electron chi connectivity index (χ2n) is 1.80. The van der Waals surface area contributed by atoms with Crippen molar-refractivity contribution in [2.45, 2.75) is 0 Å². The molecule has 0 saturated carbocycles. The van der Waals surface area contributed by atoms with Crippen molar-refractivity contribution in [3.05, 3.63) is 21.9 Å². The van der Waals surface area contributed by atoms with E-state index >= 15 is 0 Å². The van der Waals surface area contributed by atoms with Gasteiger partial charge in [0.15, 0.2) is 0 Å². The van der Waals surface area contributed by atoms with Gasteiger partial charge in [0.1, 0.15) is 9.79 Å². The highest BCUT2D eigenvalue weighted by atomic mass is 35.5. The Hall–Kier alpha value is -0.540. The summed E-state index contributed by atoms with van der Waals surface area (Å²) in [6, 6.07) is 3.59. The maximum atomic E-state index is 5.62. The number of nitrogens with one attached hydrogen (secondary N) is 2. The molecule has 1 rings (SSSR count). The van der Waals surface area contributed by atoms with Crippen LogP contribution in [0.4, 0.5) is 5.69 Å². The second-order valence-corrected chi connectivity index (χ2v) is 2.61. The van der Waals surface area contributed by atoms with Gasteiger partial charge in [-0.25, -0.2) is 0 Å². The smallest absolute Gasteiger partial charge is 0.127 e. The molecule has 4 heteroatoms. The number of hydrogen-bond donors (Lipinski definition) is 2. The van der Waals surface area contributed by atoms with E-state index in [1.165, 1.54) is 0 Å². The highest BCUT2D eigenvalue weighted by Gasteiger charge is 1.90. The van der Waals surface area contributed by atoms with Crippen LogP contribution < -0.4 is 5.32 Å². The zero-order valence-corrected chi connectivity index (χ0v) is 7.01. The van der Waals surface area contributed by atoms with Crippen LogP contribution >= 0.6 is 23.8 Å². The Morgan fingerprint density at radius 2 is 2.30 bits per heavy atom. The number of rotatable bonds is 1. The molecule has 10 heavy (non-hydrogen) atoms. The first-order valence-corrected chi connectivity index (χ1v) is 3.59. The van der Waals surface area contributed by atoms with Crippen molar-refractivity contribution in [2.24, 2.45) is 0 Å². The number of aromatic amines is 1. The summed E-state index contributed by atoms with van der Waals surface area (Å²) in [6.45, 7) is 0. The minimum absolute atomic E-state index is 0.559. The van der Waals surface area contributed by atoms with E-state index in [0.717, 1.165) is 5.69 Å². The summed E-state index contributed by atoms with van der Waals surface area (Å²) >= 11 is 10.6. The molecule has 0 saturated heterocycles. The zero-order valence-electron chi connectivity index (χ0n) is 5.44. The van der Waals surface area contributed by atoms with Gasteiger partial charge in [0.05, 0.1) is 5.69 Å². The van der Waals surface area contributed by atoms with Crippen LogP contribution in [0, 0.1) is 4.64 Å². The Morgan fingerprint density at radius 1 is 1.60 bits per heavy atom. The predicted octanol–water partition coefficient (Wildman–Crippen LogP) is 2.44. The minimum atomic E-state index is 0.559. The number of anilines is 1. The molecule has 0 aliphatic heterocycles. The fraction of sp³-hybridized carbons (Fsp3) is 0.167. The lowest BCUT2D eigenvalue weighted by Gasteiger charge is -1.98. The van der Waals surface area contributed by atoms with Gasteiger partial charge in [-0.3, -0.25) is 0 Å². The number of hydrogen-bond acceptors (Lipinski definition) is 2. The van der Waals surface area contributed by atoms with E-state index in [1.807, 2.05) is 13.1 Å². The minimum Gasteiger partial charge on any atom is -0.386 e. The van der Waals surface area contributed by atoms with Crippen LogP contribution in [0.25, 0.3) is 0 Å². The number of halogens is 1. The lowest BCUT2D eigenvalue weighted by atomic mass is 10.4. The summed E-state index contributed by atoms with van der Waals surface area (Å²) < 4.78 is 0.634. The van der Waals surface area contributed by atoms with Crippen molar-refractivity contribution in [3.8, 4) is 0 Å². The maximum Gasteiger partial charge on any atom is 0.127 e. The summed E-state index contributed by atoms with van der Waals surface area (Å²) in [5.74, 6) is 0. The Labute approximate surface area is 69.2 Å². The fourth-order valence-electron chi connectivity index (χ4n) is 0.647. The van der Waals surface area contributed by atoms with Gasteiger partial charge in [0.25, 0.3) is 0 Å². The molecule has 0 spiro atoms. The molecule has 2 nitrogen and oxygen atoms in total. The summed E-state index contributed by atoms with van der Waals surface area (Å²) in [7, 11) is 1.81. The maximum absolute atomic E-state index is 5.62. The van der Waals surface area contributed by atoms with Crippen molar-refractivity contribution in [1.29, 1.82) is 0 Å². The van der Waals surface area contributed by atoms with Crippen molar-refractivity contribution < 1.29 is 0 Å². The van der Waals surface area contributed by atoms with E-state index in [-0.39, 0.29) is 0 Å². The van der Waals surface area contributed by atoms with E-state index < -0.39 is 0 Å². The van der Waals surface area contributed by atoms with Gasteiger partial charge in [-0.2, -0.15) is 0 Å². The monoisotopic (exact) mass is 174 g/mol. The molecule has 0 bridgehead atoms.